The Bertz CT molecular complexity index is 152. The number of carbonyl (C=O) groups excluding carboxylic acids is 1. The van der Waals surface area contributed by atoms with Gasteiger partial charge in [-0.15, -0.1) is 0 Å². The highest BCUT2D eigenvalue weighted by Crippen LogP contribution is 2.26. The van der Waals surface area contributed by atoms with Gasteiger partial charge in [0.05, 0.1) is 7.11 Å². The second-order valence-electron chi connectivity index (χ2n) is 2.87. The van der Waals surface area contributed by atoms with E-state index < -0.39 is 0 Å². The summed E-state index contributed by atoms with van der Waals surface area (Å²) in [4.78, 5) is 16.1. The minimum Gasteiger partial charge on any atom is -0.293 e. The smallest absolute Gasteiger partial charge is 0.189 e. The molecule has 0 aromatic rings. The molecule has 1 saturated heterocycles. The zero-order valence-corrected chi connectivity index (χ0v) is 6.76. The van der Waals surface area contributed by atoms with Gasteiger partial charge in [0.1, 0.15) is 0 Å². The van der Waals surface area contributed by atoms with Crippen LogP contribution < -0.4 is 0 Å². The van der Waals surface area contributed by atoms with E-state index >= 15 is 0 Å². The SMILES string of the molecule is CO[N+]1(C(C)C(C)=O)CC1. The van der Waals surface area contributed by atoms with Gasteiger partial charge < -0.3 is 0 Å². The fraction of sp³-hybridized carbons (Fsp3) is 0.857. The van der Waals surface area contributed by atoms with E-state index in [1.54, 1.807) is 14.0 Å². The molecule has 0 radical (unpaired) electrons. The molecule has 0 amide bonds. The van der Waals surface area contributed by atoms with E-state index in [1.807, 2.05) is 6.92 Å². The van der Waals surface area contributed by atoms with Crippen LogP contribution in [0.4, 0.5) is 0 Å². The maximum Gasteiger partial charge on any atom is 0.189 e. The molecule has 1 atom stereocenters. The van der Waals surface area contributed by atoms with Gasteiger partial charge >= 0.3 is 0 Å². The third-order valence-corrected chi connectivity index (χ3v) is 2.32. The molecule has 3 nitrogen and oxygen atoms in total. The first-order valence-corrected chi connectivity index (χ1v) is 3.55. The first-order chi connectivity index (χ1) is 4.62. The van der Waals surface area contributed by atoms with E-state index in [1.165, 1.54) is 0 Å². The number of carbonyl (C=O) groups is 1. The number of hydrogen-bond acceptors (Lipinski definition) is 2. The van der Waals surface area contributed by atoms with Gasteiger partial charge in [0.25, 0.3) is 0 Å². The third kappa shape index (κ3) is 1.07. The Kier molecular flexibility index (Phi) is 1.79. The molecule has 3 heteroatoms. The summed E-state index contributed by atoms with van der Waals surface area (Å²) in [6.45, 7) is 5.50. The van der Waals surface area contributed by atoms with Gasteiger partial charge in [-0.3, -0.25) is 4.79 Å². The Labute approximate surface area is 61.1 Å². The van der Waals surface area contributed by atoms with Crippen molar-refractivity contribution in [2.24, 2.45) is 0 Å². The standard InChI is InChI=1S/C7H14NO2/c1-6(7(2)9)8(10-3)4-5-8/h6H,4-5H2,1-3H3/q+1. The number of hydrogen-bond donors (Lipinski definition) is 0. The van der Waals surface area contributed by atoms with Gasteiger partial charge in [0.2, 0.25) is 0 Å². The van der Waals surface area contributed by atoms with Gasteiger partial charge in [-0.1, -0.05) is 0 Å². The minimum absolute atomic E-state index is 0.0185. The molecule has 1 unspecified atom stereocenters. The average Bonchev–Trinajstić information content (AvgIpc) is 2.66. The van der Waals surface area contributed by atoms with Crippen LogP contribution in [0.2, 0.25) is 0 Å². The predicted octanol–water partition coefficient (Wildman–Crippen LogP) is 0.356. The quantitative estimate of drug-likeness (QED) is 0.422. The molecule has 0 aromatic carbocycles. The third-order valence-electron chi connectivity index (χ3n) is 2.32. The largest absolute Gasteiger partial charge is 0.293 e. The van der Waals surface area contributed by atoms with Gasteiger partial charge in [-0.2, -0.15) is 4.65 Å². The average molecular weight is 144 g/mol. The molecule has 58 valence electrons. The van der Waals surface area contributed by atoms with Crippen molar-refractivity contribution in [1.29, 1.82) is 0 Å². The molecule has 0 bridgehead atoms. The van der Waals surface area contributed by atoms with Gasteiger partial charge in [-0.25, -0.2) is 4.84 Å². The molecule has 0 aliphatic carbocycles. The number of ketones is 1. The van der Waals surface area contributed by atoms with E-state index in [0.717, 1.165) is 13.1 Å². The summed E-state index contributed by atoms with van der Waals surface area (Å²) in [5, 5.41) is 0. The van der Waals surface area contributed by atoms with E-state index in [9.17, 15) is 4.79 Å². The number of nitrogens with zero attached hydrogens (tertiary/aromatic N) is 1. The van der Waals surface area contributed by atoms with Crippen molar-refractivity contribution < 1.29 is 14.3 Å². The lowest BCUT2D eigenvalue weighted by Gasteiger charge is -2.18. The number of quaternary nitrogens is 1. The summed E-state index contributed by atoms with van der Waals surface area (Å²) < 4.78 is 0.537. The highest BCUT2D eigenvalue weighted by molar-refractivity contribution is 5.79. The predicted molar refractivity (Wildman–Crippen MR) is 37.1 cm³/mol. The zero-order chi connectivity index (χ0) is 7.78. The maximum atomic E-state index is 10.9. The van der Waals surface area contributed by atoms with E-state index in [0.29, 0.717) is 4.65 Å². The summed E-state index contributed by atoms with van der Waals surface area (Å²) in [7, 11) is 1.66. The first kappa shape index (κ1) is 7.69. The Morgan fingerprint density at radius 2 is 2.10 bits per heavy atom. The van der Waals surface area contributed by atoms with Crippen molar-refractivity contribution in [2.75, 3.05) is 20.2 Å². The normalized spacial score (nSPS) is 23.9. The highest BCUT2D eigenvalue weighted by atomic mass is 16.7. The molecule has 0 N–H and O–H groups in total. The zero-order valence-electron chi connectivity index (χ0n) is 6.76. The fourth-order valence-corrected chi connectivity index (χ4v) is 1.16. The van der Waals surface area contributed by atoms with Crippen LogP contribution >= 0.6 is 0 Å². The number of hydroxylamine groups is 3. The lowest BCUT2D eigenvalue weighted by atomic mass is 10.2. The Hall–Kier alpha value is -0.410. The highest BCUT2D eigenvalue weighted by Gasteiger charge is 2.51. The number of Topliss-reactive ketones (excluding diaryl/α,β-unsaturated/α-hetero) is 1. The summed E-state index contributed by atoms with van der Waals surface area (Å²) in [5.41, 5.74) is 0. The van der Waals surface area contributed by atoms with Crippen LogP contribution in [0.25, 0.3) is 0 Å². The van der Waals surface area contributed by atoms with Crippen LogP contribution in [-0.4, -0.2) is 36.7 Å². The van der Waals surface area contributed by atoms with Crippen molar-refractivity contribution >= 4 is 5.78 Å². The lowest BCUT2D eigenvalue weighted by Crippen LogP contribution is -2.39. The Morgan fingerprint density at radius 1 is 1.60 bits per heavy atom. The van der Waals surface area contributed by atoms with Crippen LogP contribution in [-0.2, 0) is 9.63 Å². The van der Waals surface area contributed by atoms with Gasteiger partial charge in [0, 0.05) is 6.92 Å². The Morgan fingerprint density at radius 3 is 2.20 bits per heavy atom. The molecular weight excluding hydrogens is 130 g/mol. The van der Waals surface area contributed by atoms with E-state index in [-0.39, 0.29) is 11.8 Å². The van der Waals surface area contributed by atoms with Crippen molar-refractivity contribution in [3.8, 4) is 0 Å². The molecule has 0 saturated carbocycles. The maximum absolute atomic E-state index is 10.9. The van der Waals surface area contributed by atoms with Crippen molar-refractivity contribution in [1.82, 2.24) is 0 Å². The number of rotatable bonds is 3. The van der Waals surface area contributed by atoms with Crippen LogP contribution in [0.15, 0.2) is 0 Å². The Balaban J connectivity index is 2.55. The first-order valence-electron chi connectivity index (χ1n) is 3.55. The fourth-order valence-electron chi connectivity index (χ4n) is 1.16. The van der Waals surface area contributed by atoms with Crippen molar-refractivity contribution in [2.45, 2.75) is 19.9 Å². The van der Waals surface area contributed by atoms with Gasteiger partial charge in [0.15, 0.2) is 24.9 Å². The monoisotopic (exact) mass is 144 g/mol. The summed E-state index contributed by atoms with van der Waals surface area (Å²) in [5.74, 6) is 0.208. The summed E-state index contributed by atoms with van der Waals surface area (Å²) in [6.07, 6.45) is 0. The van der Waals surface area contributed by atoms with E-state index in [2.05, 4.69) is 0 Å². The van der Waals surface area contributed by atoms with Crippen LogP contribution in [0.5, 0.6) is 0 Å². The van der Waals surface area contributed by atoms with Crippen molar-refractivity contribution in [3.63, 3.8) is 0 Å². The lowest BCUT2D eigenvalue weighted by molar-refractivity contribution is -1.01. The van der Waals surface area contributed by atoms with Crippen molar-refractivity contribution in [3.05, 3.63) is 0 Å². The van der Waals surface area contributed by atoms with Crippen LogP contribution in [0, 0.1) is 0 Å². The minimum atomic E-state index is 0.0185. The van der Waals surface area contributed by atoms with Gasteiger partial charge in [-0.05, 0) is 6.92 Å². The molecule has 1 heterocycles. The molecule has 0 aromatic heterocycles. The van der Waals surface area contributed by atoms with E-state index in [4.69, 9.17) is 4.84 Å². The summed E-state index contributed by atoms with van der Waals surface area (Å²) in [6, 6.07) is 0.0185. The topological polar surface area (TPSA) is 26.3 Å². The second-order valence-corrected chi connectivity index (χ2v) is 2.87. The molecule has 1 aliphatic heterocycles. The van der Waals surface area contributed by atoms with Crippen LogP contribution in [0.3, 0.4) is 0 Å². The second kappa shape index (κ2) is 2.32. The molecule has 10 heavy (non-hydrogen) atoms. The molecule has 1 rings (SSSR count). The summed E-state index contributed by atoms with van der Waals surface area (Å²) >= 11 is 0. The molecule has 1 fully saturated rings. The molecule has 0 spiro atoms. The molecular formula is C7H14NO2+. The molecule has 1 aliphatic rings. The van der Waals surface area contributed by atoms with Crippen LogP contribution in [0.1, 0.15) is 13.8 Å².